The van der Waals surface area contributed by atoms with E-state index < -0.39 is 0 Å². The fourth-order valence-electron chi connectivity index (χ4n) is 1.07. The summed E-state index contributed by atoms with van der Waals surface area (Å²) in [5.74, 6) is 0.922. The Labute approximate surface area is 77.3 Å². The van der Waals surface area contributed by atoms with E-state index in [-0.39, 0.29) is 12.4 Å². The maximum absolute atomic E-state index is 4.25. The number of pyridine rings is 1. The Hall–Kier alpha value is -1.09. The van der Waals surface area contributed by atoms with Crippen LogP contribution >= 0.6 is 12.4 Å². The molecule has 0 unspecified atom stereocenters. The molecule has 1 aliphatic heterocycles. The number of hydrogen-bond acceptors (Lipinski definition) is 3. The molecule has 12 heavy (non-hydrogen) atoms. The summed E-state index contributed by atoms with van der Waals surface area (Å²) in [4.78, 5) is 8.42. The summed E-state index contributed by atoms with van der Waals surface area (Å²) in [5.41, 5.74) is 0.935. The topological polar surface area (TPSA) is 37.3 Å². The lowest BCUT2D eigenvalue weighted by Gasteiger charge is -1.98. The second-order valence-electron chi connectivity index (χ2n) is 2.37. The van der Waals surface area contributed by atoms with E-state index >= 15 is 0 Å². The van der Waals surface area contributed by atoms with E-state index in [1.165, 1.54) is 0 Å². The Morgan fingerprint density at radius 1 is 1.33 bits per heavy atom. The van der Waals surface area contributed by atoms with Gasteiger partial charge in [-0.1, -0.05) is 6.07 Å². The zero-order chi connectivity index (χ0) is 7.52. The van der Waals surface area contributed by atoms with Crippen molar-refractivity contribution in [3.05, 3.63) is 30.1 Å². The zero-order valence-electron chi connectivity index (χ0n) is 6.53. The number of amidine groups is 1. The molecule has 0 aromatic carbocycles. The average molecular weight is 184 g/mol. The van der Waals surface area contributed by atoms with Crippen LogP contribution in [0.25, 0.3) is 0 Å². The smallest absolute Gasteiger partial charge is 0.147 e. The van der Waals surface area contributed by atoms with Crippen LogP contribution in [0.5, 0.6) is 0 Å². The fraction of sp³-hybridized carbons (Fsp3) is 0.250. The first kappa shape index (κ1) is 9.00. The summed E-state index contributed by atoms with van der Waals surface area (Å²) >= 11 is 0. The molecule has 2 rings (SSSR count). The number of halogens is 1. The summed E-state index contributed by atoms with van der Waals surface area (Å²) in [7, 11) is 0. The highest BCUT2D eigenvalue weighted by molar-refractivity contribution is 5.97. The number of aromatic nitrogens is 1. The van der Waals surface area contributed by atoms with Crippen LogP contribution in [0.3, 0.4) is 0 Å². The fourth-order valence-corrected chi connectivity index (χ4v) is 1.07. The van der Waals surface area contributed by atoms with Crippen LogP contribution in [0.2, 0.25) is 0 Å². The molecule has 2 heterocycles. The van der Waals surface area contributed by atoms with Crippen molar-refractivity contribution in [3.8, 4) is 0 Å². The van der Waals surface area contributed by atoms with E-state index in [1.54, 1.807) is 6.20 Å². The molecular weight excluding hydrogens is 174 g/mol. The second kappa shape index (κ2) is 4.07. The van der Waals surface area contributed by atoms with Crippen LogP contribution in [-0.2, 0) is 0 Å². The van der Waals surface area contributed by atoms with Gasteiger partial charge in [0, 0.05) is 12.7 Å². The quantitative estimate of drug-likeness (QED) is 0.701. The number of hydrogen-bond donors (Lipinski definition) is 1. The lowest BCUT2D eigenvalue weighted by atomic mass is 10.3. The number of aliphatic imine (C=N–C) groups is 1. The number of rotatable bonds is 1. The van der Waals surface area contributed by atoms with Gasteiger partial charge in [-0.15, -0.1) is 12.4 Å². The molecule has 64 valence electrons. The predicted molar refractivity (Wildman–Crippen MR) is 50.9 cm³/mol. The average Bonchev–Trinajstić information content (AvgIpc) is 2.58. The van der Waals surface area contributed by atoms with Crippen LogP contribution in [-0.4, -0.2) is 23.9 Å². The van der Waals surface area contributed by atoms with Crippen LogP contribution in [0.1, 0.15) is 5.69 Å². The Kier molecular flexibility index (Phi) is 3.05. The van der Waals surface area contributed by atoms with Gasteiger partial charge >= 0.3 is 0 Å². The molecule has 0 saturated heterocycles. The van der Waals surface area contributed by atoms with Crippen LogP contribution in [0.15, 0.2) is 29.4 Å². The van der Waals surface area contributed by atoms with Crippen LogP contribution in [0, 0.1) is 0 Å². The highest BCUT2D eigenvalue weighted by Crippen LogP contribution is 1.97. The molecule has 4 heteroatoms. The Balaban J connectivity index is 0.000000720. The Morgan fingerprint density at radius 3 is 2.83 bits per heavy atom. The largest absolute Gasteiger partial charge is 0.367 e. The van der Waals surface area contributed by atoms with Gasteiger partial charge in [0.2, 0.25) is 0 Å². The molecule has 0 saturated carbocycles. The van der Waals surface area contributed by atoms with E-state index in [0.717, 1.165) is 24.6 Å². The minimum absolute atomic E-state index is 0. The molecule has 0 atom stereocenters. The predicted octanol–water partition coefficient (Wildman–Crippen LogP) is 0.853. The SMILES string of the molecule is Cl.c1ccc(C2=NCCN2)nc1. The minimum atomic E-state index is 0. The molecule has 0 radical (unpaired) electrons. The van der Waals surface area contributed by atoms with Crippen molar-refractivity contribution in [2.75, 3.05) is 13.1 Å². The maximum Gasteiger partial charge on any atom is 0.147 e. The van der Waals surface area contributed by atoms with Crippen LogP contribution in [0.4, 0.5) is 0 Å². The van der Waals surface area contributed by atoms with Gasteiger partial charge in [-0.05, 0) is 12.1 Å². The van der Waals surface area contributed by atoms with Gasteiger partial charge in [-0.3, -0.25) is 9.98 Å². The lowest BCUT2D eigenvalue weighted by Crippen LogP contribution is -2.20. The monoisotopic (exact) mass is 183 g/mol. The van der Waals surface area contributed by atoms with Gasteiger partial charge in [0.05, 0.1) is 6.54 Å². The van der Waals surface area contributed by atoms with Gasteiger partial charge in [0.1, 0.15) is 11.5 Å². The van der Waals surface area contributed by atoms with Crippen molar-refractivity contribution >= 4 is 18.2 Å². The summed E-state index contributed by atoms with van der Waals surface area (Å²) in [6.45, 7) is 1.80. The Bertz CT molecular complexity index is 271. The molecule has 0 bridgehead atoms. The third kappa shape index (κ3) is 1.74. The second-order valence-corrected chi connectivity index (χ2v) is 2.37. The third-order valence-electron chi connectivity index (χ3n) is 1.58. The molecule has 0 aliphatic carbocycles. The molecule has 1 aromatic rings. The van der Waals surface area contributed by atoms with Gasteiger partial charge < -0.3 is 5.32 Å². The minimum Gasteiger partial charge on any atom is -0.367 e. The highest BCUT2D eigenvalue weighted by Gasteiger charge is 2.06. The van der Waals surface area contributed by atoms with Crippen molar-refractivity contribution in [1.82, 2.24) is 10.3 Å². The Morgan fingerprint density at radius 2 is 2.25 bits per heavy atom. The van der Waals surface area contributed by atoms with E-state index in [4.69, 9.17) is 0 Å². The van der Waals surface area contributed by atoms with Crippen molar-refractivity contribution in [3.63, 3.8) is 0 Å². The molecule has 1 aliphatic rings. The number of nitrogens with one attached hydrogen (secondary N) is 1. The van der Waals surface area contributed by atoms with Gasteiger partial charge in [-0.2, -0.15) is 0 Å². The first-order valence-corrected chi connectivity index (χ1v) is 3.66. The molecule has 0 amide bonds. The van der Waals surface area contributed by atoms with Crippen molar-refractivity contribution < 1.29 is 0 Å². The highest BCUT2D eigenvalue weighted by atomic mass is 35.5. The van der Waals surface area contributed by atoms with Gasteiger partial charge in [0.15, 0.2) is 0 Å². The lowest BCUT2D eigenvalue weighted by molar-refractivity contribution is 0.958. The molecule has 3 nitrogen and oxygen atoms in total. The van der Waals surface area contributed by atoms with Crippen LogP contribution < -0.4 is 5.32 Å². The first-order chi connectivity index (χ1) is 5.47. The van der Waals surface area contributed by atoms with Crippen molar-refractivity contribution in [1.29, 1.82) is 0 Å². The molecule has 1 N–H and O–H groups in total. The summed E-state index contributed by atoms with van der Waals surface area (Å²) in [6, 6.07) is 5.82. The van der Waals surface area contributed by atoms with E-state index in [1.807, 2.05) is 18.2 Å². The summed E-state index contributed by atoms with van der Waals surface area (Å²) < 4.78 is 0. The molecule has 0 spiro atoms. The van der Waals surface area contributed by atoms with E-state index in [9.17, 15) is 0 Å². The summed E-state index contributed by atoms with van der Waals surface area (Å²) in [6.07, 6.45) is 1.78. The van der Waals surface area contributed by atoms with E-state index in [0.29, 0.717) is 0 Å². The molecule has 0 fully saturated rings. The van der Waals surface area contributed by atoms with Gasteiger partial charge in [-0.25, -0.2) is 0 Å². The number of nitrogens with zero attached hydrogens (tertiary/aromatic N) is 2. The normalized spacial score (nSPS) is 14.5. The molecule has 1 aromatic heterocycles. The summed E-state index contributed by atoms with van der Waals surface area (Å²) in [5, 5.41) is 3.16. The van der Waals surface area contributed by atoms with Crippen molar-refractivity contribution in [2.24, 2.45) is 4.99 Å². The van der Waals surface area contributed by atoms with E-state index in [2.05, 4.69) is 15.3 Å². The first-order valence-electron chi connectivity index (χ1n) is 3.66. The standard InChI is InChI=1S/C8H9N3.ClH/c1-2-4-9-7(3-1)8-10-5-6-11-8;/h1-4H,5-6H2,(H,10,11);1H. The zero-order valence-corrected chi connectivity index (χ0v) is 7.34. The maximum atomic E-state index is 4.25. The van der Waals surface area contributed by atoms with Crippen molar-refractivity contribution in [2.45, 2.75) is 0 Å². The van der Waals surface area contributed by atoms with Gasteiger partial charge in [0.25, 0.3) is 0 Å². The molecular formula is C8H10ClN3. The third-order valence-corrected chi connectivity index (χ3v) is 1.58.